The Hall–Kier alpha value is -1.42. The van der Waals surface area contributed by atoms with Crippen LogP contribution in [0.5, 0.6) is 0 Å². The number of anilines is 1. The maximum atomic E-state index is 13.3. The first-order valence-electron chi connectivity index (χ1n) is 6.40. The maximum Gasteiger partial charge on any atom is 0.244 e. The van der Waals surface area contributed by atoms with Crippen LogP contribution in [0.4, 0.5) is 10.1 Å². The standard InChI is InChI=1S/C14H19FN2O/c1-3-9(2)13(16)14(18)17-7-6-10-4-5-11(15)8-12(10)17/h4-5,8-9,13H,3,6-7,16H2,1-2H3. The molecule has 0 bridgehead atoms. The molecule has 1 aromatic rings. The van der Waals surface area contributed by atoms with Gasteiger partial charge in [0.15, 0.2) is 0 Å². The second kappa shape index (κ2) is 5.06. The molecular weight excluding hydrogens is 231 g/mol. The van der Waals surface area contributed by atoms with Crippen molar-refractivity contribution in [3.05, 3.63) is 29.6 Å². The number of hydrogen-bond acceptors (Lipinski definition) is 2. The molecule has 4 heteroatoms. The first kappa shape index (κ1) is 13.0. The van der Waals surface area contributed by atoms with Crippen LogP contribution in [-0.2, 0) is 11.2 Å². The van der Waals surface area contributed by atoms with Crippen LogP contribution in [0.2, 0.25) is 0 Å². The van der Waals surface area contributed by atoms with Gasteiger partial charge in [0, 0.05) is 12.2 Å². The van der Waals surface area contributed by atoms with Gasteiger partial charge in [0.25, 0.3) is 0 Å². The summed E-state index contributed by atoms with van der Waals surface area (Å²) in [6.07, 6.45) is 1.63. The number of rotatable bonds is 3. The smallest absolute Gasteiger partial charge is 0.244 e. The summed E-state index contributed by atoms with van der Waals surface area (Å²) in [5, 5.41) is 0. The van der Waals surface area contributed by atoms with E-state index in [0.717, 1.165) is 18.4 Å². The normalized spacial score (nSPS) is 17.4. The molecule has 0 fully saturated rings. The Kier molecular flexibility index (Phi) is 3.66. The quantitative estimate of drug-likeness (QED) is 0.892. The lowest BCUT2D eigenvalue weighted by atomic mass is 9.99. The van der Waals surface area contributed by atoms with Gasteiger partial charge in [0.2, 0.25) is 5.91 Å². The minimum absolute atomic E-state index is 0.103. The highest BCUT2D eigenvalue weighted by atomic mass is 19.1. The average molecular weight is 250 g/mol. The van der Waals surface area contributed by atoms with Crippen LogP contribution in [0.25, 0.3) is 0 Å². The molecule has 1 aliphatic rings. The van der Waals surface area contributed by atoms with E-state index in [-0.39, 0.29) is 17.6 Å². The van der Waals surface area contributed by atoms with E-state index in [1.54, 1.807) is 11.0 Å². The highest BCUT2D eigenvalue weighted by Crippen LogP contribution is 2.29. The summed E-state index contributed by atoms with van der Waals surface area (Å²) in [4.78, 5) is 13.9. The van der Waals surface area contributed by atoms with Crippen molar-refractivity contribution < 1.29 is 9.18 Å². The van der Waals surface area contributed by atoms with Crippen LogP contribution in [0.15, 0.2) is 18.2 Å². The molecule has 3 nitrogen and oxygen atoms in total. The Morgan fingerprint density at radius 3 is 2.94 bits per heavy atom. The summed E-state index contributed by atoms with van der Waals surface area (Å²) < 4.78 is 13.3. The molecule has 1 heterocycles. The second-order valence-corrected chi connectivity index (χ2v) is 4.92. The minimum atomic E-state index is -0.510. The summed E-state index contributed by atoms with van der Waals surface area (Å²) in [7, 11) is 0. The number of nitrogens with zero attached hydrogens (tertiary/aromatic N) is 1. The van der Waals surface area contributed by atoms with Gasteiger partial charge in [-0.05, 0) is 30.0 Å². The Labute approximate surface area is 107 Å². The van der Waals surface area contributed by atoms with Crippen LogP contribution in [0, 0.1) is 11.7 Å². The van der Waals surface area contributed by atoms with Crippen molar-refractivity contribution in [2.45, 2.75) is 32.7 Å². The summed E-state index contributed by atoms with van der Waals surface area (Å²) in [5.74, 6) is -0.283. The lowest BCUT2D eigenvalue weighted by Gasteiger charge is -2.24. The number of carbonyl (C=O) groups is 1. The van der Waals surface area contributed by atoms with Crippen molar-refractivity contribution in [1.82, 2.24) is 0 Å². The highest BCUT2D eigenvalue weighted by Gasteiger charge is 2.30. The molecular formula is C14H19FN2O. The molecule has 0 saturated heterocycles. The third-order valence-corrected chi connectivity index (χ3v) is 3.75. The van der Waals surface area contributed by atoms with E-state index in [2.05, 4.69) is 0 Å². The van der Waals surface area contributed by atoms with Gasteiger partial charge >= 0.3 is 0 Å². The number of benzene rings is 1. The Morgan fingerprint density at radius 1 is 1.56 bits per heavy atom. The molecule has 0 spiro atoms. The van der Waals surface area contributed by atoms with Gasteiger partial charge in [-0.2, -0.15) is 0 Å². The van der Waals surface area contributed by atoms with Crippen LogP contribution >= 0.6 is 0 Å². The van der Waals surface area contributed by atoms with Crippen molar-refractivity contribution in [3.8, 4) is 0 Å². The molecule has 0 saturated carbocycles. The fourth-order valence-corrected chi connectivity index (χ4v) is 2.26. The molecule has 98 valence electrons. The van der Waals surface area contributed by atoms with E-state index in [1.807, 2.05) is 13.8 Å². The van der Waals surface area contributed by atoms with Gasteiger partial charge in [-0.3, -0.25) is 4.79 Å². The molecule has 18 heavy (non-hydrogen) atoms. The predicted molar refractivity (Wildman–Crippen MR) is 69.9 cm³/mol. The average Bonchev–Trinajstić information content (AvgIpc) is 2.78. The predicted octanol–water partition coefficient (Wildman–Crippen LogP) is 2.09. The van der Waals surface area contributed by atoms with Crippen molar-refractivity contribution in [3.63, 3.8) is 0 Å². The fourth-order valence-electron chi connectivity index (χ4n) is 2.26. The van der Waals surface area contributed by atoms with Crippen molar-refractivity contribution in [2.75, 3.05) is 11.4 Å². The molecule has 1 aromatic carbocycles. The molecule has 2 atom stereocenters. The monoisotopic (exact) mass is 250 g/mol. The van der Waals surface area contributed by atoms with Gasteiger partial charge in [0.05, 0.1) is 6.04 Å². The van der Waals surface area contributed by atoms with E-state index in [1.165, 1.54) is 12.1 Å². The zero-order chi connectivity index (χ0) is 13.3. The van der Waals surface area contributed by atoms with E-state index in [4.69, 9.17) is 5.73 Å². The van der Waals surface area contributed by atoms with E-state index < -0.39 is 6.04 Å². The van der Waals surface area contributed by atoms with Crippen LogP contribution < -0.4 is 10.6 Å². The highest BCUT2D eigenvalue weighted by molar-refractivity contribution is 5.99. The lowest BCUT2D eigenvalue weighted by molar-refractivity contribution is -0.120. The molecule has 2 rings (SSSR count). The summed E-state index contributed by atoms with van der Waals surface area (Å²) >= 11 is 0. The van der Waals surface area contributed by atoms with E-state index >= 15 is 0 Å². The Balaban J connectivity index is 2.23. The number of fused-ring (bicyclic) bond motifs is 1. The van der Waals surface area contributed by atoms with Crippen LogP contribution in [0.3, 0.4) is 0 Å². The third-order valence-electron chi connectivity index (χ3n) is 3.75. The number of hydrogen-bond donors (Lipinski definition) is 1. The summed E-state index contributed by atoms with van der Waals surface area (Å²) in [5.41, 5.74) is 7.66. The van der Waals surface area contributed by atoms with Crippen molar-refractivity contribution in [1.29, 1.82) is 0 Å². The minimum Gasteiger partial charge on any atom is -0.320 e. The van der Waals surface area contributed by atoms with E-state index in [0.29, 0.717) is 12.2 Å². The number of amides is 1. The van der Waals surface area contributed by atoms with Crippen molar-refractivity contribution in [2.24, 2.45) is 11.7 Å². The van der Waals surface area contributed by atoms with E-state index in [9.17, 15) is 9.18 Å². The van der Waals surface area contributed by atoms with Gasteiger partial charge in [-0.25, -0.2) is 4.39 Å². The van der Waals surface area contributed by atoms with Crippen LogP contribution in [0.1, 0.15) is 25.8 Å². The lowest BCUT2D eigenvalue weighted by Crippen LogP contribution is -2.46. The second-order valence-electron chi connectivity index (χ2n) is 4.92. The number of halogens is 1. The molecule has 2 N–H and O–H groups in total. The molecule has 0 aromatic heterocycles. The largest absolute Gasteiger partial charge is 0.320 e. The fraction of sp³-hybridized carbons (Fsp3) is 0.500. The molecule has 0 aliphatic carbocycles. The number of nitrogens with two attached hydrogens (primary N) is 1. The summed E-state index contributed by atoms with van der Waals surface area (Å²) in [6, 6.07) is 4.08. The SMILES string of the molecule is CCC(C)C(N)C(=O)N1CCc2ccc(F)cc21. The molecule has 1 aliphatic heterocycles. The number of carbonyl (C=O) groups excluding carboxylic acids is 1. The van der Waals surface area contributed by atoms with Gasteiger partial charge in [0.1, 0.15) is 5.82 Å². The van der Waals surface area contributed by atoms with Crippen molar-refractivity contribution >= 4 is 11.6 Å². The Morgan fingerprint density at radius 2 is 2.28 bits per heavy atom. The summed E-state index contributed by atoms with van der Waals surface area (Å²) in [6.45, 7) is 4.57. The zero-order valence-corrected chi connectivity index (χ0v) is 10.8. The Bertz CT molecular complexity index is 461. The molecule has 0 radical (unpaired) electrons. The van der Waals surface area contributed by atoms with Crippen LogP contribution in [-0.4, -0.2) is 18.5 Å². The van der Waals surface area contributed by atoms with Gasteiger partial charge in [-0.15, -0.1) is 0 Å². The molecule has 1 amide bonds. The topological polar surface area (TPSA) is 46.3 Å². The first-order chi connectivity index (χ1) is 8.54. The zero-order valence-electron chi connectivity index (χ0n) is 10.8. The van der Waals surface area contributed by atoms with Gasteiger partial charge < -0.3 is 10.6 Å². The first-order valence-corrected chi connectivity index (χ1v) is 6.40. The van der Waals surface area contributed by atoms with Gasteiger partial charge in [-0.1, -0.05) is 26.3 Å². The maximum absolute atomic E-state index is 13.3. The third kappa shape index (κ3) is 2.25. The molecule has 2 unspecified atom stereocenters.